The number of benzene rings is 2. The van der Waals surface area contributed by atoms with Gasteiger partial charge in [0.15, 0.2) is 0 Å². The van der Waals surface area contributed by atoms with Gasteiger partial charge in [-0.3, -0.25) is 0 Å². The van der Waals surface area contributed by atoms with Crippen LogP contribution in [-0.4, -0.2) is 15.2 Å². The Labute approximate surface area is 110 Å². The van der Waals surface area contributed by atoms with Crippen molar-refractivity contribution < 1.29 is 9.63 Å². The van der Waals surface area contributed by atoms with Crippen molar-refractivity contribution in [3.63, 3.8) is 0 Å². The fourth-order valence-electron chi connectivity index (χ4n) is 1.85. The average Bonchev–Trinajstić information content (AvgIpc) is 2.91. The predicted molar refractivity (Wildman–Crippen MR) is 70.6 cm³/mol. The van der Waals surface area contributed by atoms with Gasteiger partial charge in [0.25, 0.3) is 0 Å². The number of para-hydroxylation sites is 1. The summed E-state index contributed by atoms with van der Waals surface area (Å²) in [6.07, 6.45) is 0.423. The van der Waals surface area contributed by atoms with Gasteiger partial charge in [0.2, 0.25) is 11.7 Å². The van der Waals surface area contributed by atoms with Crippen LogP contribution in [0.4, 0.5) is 0 Å². The third-order valence-corrected chi connectivity index (χ3v) is 2.83. The minimum atomic E-state index is 0.238. The first kappa shape index (κ1) is 11.5. The lowest BCUT2D eigenvalue weighted by Gasteiger charge is -1.99. The van der Waals surface area contributed by atoms with Gasteiger partial charge in [-0.2, -0.15) is 4.98 Å². The van der Waals surface area contributed by atoms with Crippen LogP contribution in [0.2, 0.25) is 0 Å². The first-order valence-electron chi connectivity index (χ1n) is 5.98. The van der Waals surface area contributed by atoms with E-state index in [-0.39, 0.29) is 5.75 Å². The summed E-state index contributed by atoms with van der Waals surface area (Å²) in [7, 11) is 0. The molecule has 0 atom stereocenters. The zero-order valence-electron chi connectivity index (χ0n) is 10.2. The number of phenolic OH excluding ortho intramolecular Hbond substituents is 1. The third-order valence-electron chi connectivity index (χ3n) is 2.83. The SMILES string of the molecule is Oc1ccccc1Cc1nc(-c2ccccc2)no1. The highest BCUT2D eigenvalue weighted by atomic mass is 16.5. The van der Waals surface area contributed by atoms with Crippen molar-refractivity contribution in [2.75, 3.05) is 0 Å². The van der Waals surface area contributed by atoms with Crippen LogP contribution in [0.1, 0.15) is 11.5 Å². The highest BCUT2D eigenvalue weighted by Gasteiger charge is 2.10. The average molecular weight is 252 g/mol. The molecule has 2 aromatic carbocycles. The second-order valence-electron chi connectivity index (χ2n) is 4.18. The van der Waals surface area contributed by atoms with E-state index in [1.165, 1.54) is 0 Å². The summed E-state index contributed by atoms with van der Waals surface area (Å²) in [5, 5.41) is 13.7. The van der Waals surface area contributed by atoms with Crippen LogP contribution in [0, 0.1) is 0 Å². The Hall–Kier alpha value is -2.62. The van der Waals surface area contributed by atoms with Gasteiger partial charge in [0.05, 0.1) is 6.42 Å². The summed E-state index contributed by atoms with van der Waals surface area (Å²) in [5.74, 6) is 1.29. The molecule has 1 heterocycles. The van der Waals surface area contributed by atoms with Crippen molar-refractivity contribution in [3.05, 3.63) is 66.1 Å². The zero-order valence-corrected chi connectivity index (χ0v) is 10.2. The quantitative estimate of drug-likeness (QED) is 0.778. The molecule has 0 aliphatic carbocycles. The lowest BCUT2D eigenvalue weighted by Crippen LogP contribution is -1.89. The molecule has 4 nitrogen and oxygen atoms in total. The number of nitrogens with zero attached hydrogens (tertiary/aromatic N) is 2. The van der Waals surface area contributed by atoms with Crippen LogP contribution < -0.4 is 0 Å². The smallest absolute Gasteiger partial charge is 0.231 e. The van der Waals surface area contributed by atoms with E-state index in [1.807, 2.05) is 42.5 Å². The Balaban J connectivity index is 1.85. The van der Waals surface area contributed by atoms with E-state index >= 15 is 0 Å². The van der Waals surface area contributed by atoms with Crippen molar-refractivity contribution in [3.8, 4) is 17.1 Å². The van der Waals surface area contributed by atoms with Crippen molar-refractivity contribution in [2.24, 2.45) is 0 Å². The third kappa shape index (κ3) is 2.47. The number of hydrogen-bond acceptors (Lipinski definition) is 4. The van der Waals surface area contributed by atoms with Gasteiger partial charge >= 0.3 is 0 Å². The standard InChI is InChI=1S/C15H12N2O2/c18-13-9-5-4-8-12(13)10-14-16-15(17-19-14)11-6-2-1-3-7-11/h1-9,18H,10H2. The Morgan fingerprint density at radius 3 is 2.47 bits per heavy atom. The topological polar surface area (TPSA) is 59.2 Å². The normalized spacial score (nSPS) is 10.5. The van der Waals surface area contributed by atoms with Gasteiger partial charge in [-0.15, -0.1) is 0 Å². The molecule has 3 rings (SSSR count). The van der Waals surface area contributed by atoms with E-state index in [4.69, 9.17) is 4.52 Å². The first-order chi connectivity index (χ1) is 9.33. The number of rotatable bonds is 3. The molecule has 0 aliphatic heterocycles. The highest BCUT2D eigenvalue weighted by molar-refractivity contribution is 5.53. The maximum absolute atomic E-state index is 9.71. The predicted octanol–water partition coefficient (Wildman–Crippen LogP) is 3.03. The molecule has 19 heavy (non-hydrogen) atoms. The van der Waals surface area contributed by atoms with E-state index in [9.17, 15) is 5.11 Å². The molecule has 0 bridgehead atoms. The van der Waals surface area contributed by atoms with E-state index in [1.54, 1.807) is 12.1 Å². The fraction of sp³-hybridized carbons (Fsp3) is 0.0667. The van der Waals surface area contributed by atoms with Crippen LogP contribution in [0.25, 0.3) is 11.4 Å². The molecule has 0 aliphatic rings. The molecular weight excluding hydrogens is 240 g/mol. The number of aromatic hydroxyl groups is 1. The van der Waals surface area contributed by atoms with Crippen LogP contribution in [0.3, 0.4) is 0 Å². The zero-order chi connectivity index (χ0) is 13.1. The summed E-state index contributed by atoms with van der Waals surface area (Å²) in [4.78, 5) is 4.33. The van der Waals surface area contributed by atoms with Crippen LogP contribution >= 0.6 is 0 Å². The van der Waals surface area contributed by atoms with Crippen LogP contribution in [0.15, 0.2) is 59.1 Å². The van der Waals surface area contributed by atoms with Crippen molar-refractivity contribution in [1.29, 1.82) is 0 Å². The minimum absolute atomic E-state index is 0.238. The first-order valence-corrected chi connectivity index (χ1v) is 5.98. The summed E-state index contributed by atoms with van der Waals surface area (Å²) in [6, 6.07) is 16.8. The van der Waals surface area contributed by atoms with E-state index in [2.05, 4.69) is 10.1 Å². The summed E-state index contributed by atoms with van der Waals surface area (Å²) in [6.45, 7) is 0. The molecule has 4 heteroatoms. The molecule has 3 aromatic rings. The summed E-state index contributed by atoms with van der Waals surface area (Å²) >= 11 is 0. The van der Waals surface area contributed by atoms with Gasteiger partial charge < -0.3 is 9.63 Å². The van der Waals surface area contributed by atoms with Gasteiger partial charge in [0, 0.05) is 11.1 Å². The van der Waals surface area contributed by atoms with Gasteiger partial charge in [-0.25, -0.2) is 0 Å². The molecule has 0 unspecified atom stereocenters. The summed E-state index contributed by atoms with van der Waals surface area (Å²) < 4.78 is 5.21. The van der Waals surface area contributed by atoms with Gasteiger partial charge in [-0.05, 0) is 6.07 Å². The Morgan fingerprint density at radius 1 is 0.947 bits per heavy atom. The number of hydrogen-bond donors (Lipinski definition) is 1. The molecule has 0 radical (unpaired) electrons. The maximum atomic E-state index is 9.71. The Morgan fingerprint density at radius 2 is 1.68 bits per heavy atom. The Bertz CT molecular complexity index is 677. The largest absolute Gasteiger partial charge is 0.508 e. The van der Waals surface area contributed by atoms with E-state index < -0.39 is 0 Å². The molecule has 0 saturated carbocycles. The fourth-order valence-corrected chi connectivity index (χ4v) is 1.85. The van der Waals surface area contributed by atoms with E-state index in [0.717, 1.165) is 11.1 Å². The molecule has 1 aromatic heterocycles. The lowest BCUT2D eigenvalue weighted by atomic mass is 10.1. The van der Waals surface area contributed by atoms with Crippen molar-refractivity contribution in [1.82, 2.24) is 10.1 Å². The molecule has 94 valence electrons. The number of aromatic nitrogens is 2. The Kier molecular flexibility index (Phi) is 2.98. The van der Waals surface area contributed by atoms with Crippen LogP contribution in [-0.2, 0) is 6.42 Å². The second kappa shape index (κ2) is 4.94. The van der Waals surface area contributed by atoms with Gasteiger partial charge in [0.1, 0.15) is 5.75 Å². The summed E-state index contributed by atoms with van der Waals surface area (Å²) in [5.41, 5.74) is 1.68. The molecule has 0 spiro atoms. The lowest BCUT2D eigenvalue weighted by molar-refractivity contribution is 0.383. The monoisotopic (exact) mass is 252 g/mol. The molecule has 0 amide bonds. The molecule has 0 fully saturated rings. The molecule has 1 N–H and O–H groups in total. The second-order valence-corrected chi connectivity index (χ2v) is 4.18. The van der Waals surface area contributed by atoms with Crippen molar-refractivity contribution in [2.45, 2.75) is 6.42 Å². The minimum Gasteiger partial charge on any atom is -0.508 e. The maximum Gasteiger partial charge on any atom is 0.231 e. The van der Waals surface area contributed by atoms with E-state index in [0.29, 0.717) is 18.1 Å². The van der Waals surface area contributed by atoms with Gasteiger partial charge in [-0.1, -0.05) is 53.7 Å². The van der Waals surface area contributed by atoms with Crippen LogP contribution in [0.5, 0.6) is 5.75 Å². The molecule has 0 saturated heterocycles. The van der Waals surface area contributed by atoms with Crippen molar-refractivity contribution >= 4 is 0 Å². The highest BCUT2D eigenvalue weighted by Crippen LogP contribution is 2.21. The molecular formula is C15H12N2O2. The number of phenols is 1.